The molecule has 1 amide bonds. The number of nitrogens with one attached hydrogen (secondary N) is 1. The van der Waals surface area contributed by atoms with Gasteiger partial charge in [-0.3, -0.25) is 4.79 Å². The summed E-state index contributed by atoms with van der Waals surface area (Å²) in [6, 6.07) is 10.6. The number of ether oxygens (including phenoxy) is 4. The Bertz CT molecular complexity index is 810. The van der Waals surface area contributed by atoms with Gasteiger partial charge in [0.05, 0.1) is 17.8 Å². The second-order valence-electron chi connectivity index (χ2n) is 4.99. The zero-order valence-corrected chi connectivity index (χ0v) is 14.9. The first kappa shape index (κ1) is 17.1. The first-order valence-electron chi connectivity index (χ1n) is 7.33. The van der Waals surface area contributed by atoms with E-state index in [2.05, 4.69) is 26.5 Å². The molecule has 1 aliphatic heterocycles. The van der Waals surface area contributed by atoms with Crippen LogP contribution in [-0.4, -0.2) is 32.6 Å². The smallest absolute Gasteiger partial charge is 0.277 e. The van der Waals surface area contributed by atoms with Gasteiger partial charge >= 0.3 is 0 Å². The molecule has 1 N–H and O–H groups in total. The first-order chi connectivity index (χ1) is 12.2. The van der Waals surface area contributed by atoms with E-state index >= 15 is 0 Å². The van der Waals surface area contributed by atoms with Crippen LogP contribution in [0.4, 0.5) is 0 Å². The summed E-state index contributed by atoms with van der Waals surface area (Å²) in [6.45, 7) is 0.0499. The van der Waals surface area contributed by atoms with E-state index in [-0.39, 0.29) is 19.3 Å². The summed E-state index contributed by atoms with van der Waals surface area (Å²) >= 11 is 3.36. The SMILES string of the molecule is COc1ccc(OCC(=O)N/N=C/c2ccc3c(c2)OCO3)c(Br)c1. The number of amides is 1. The van der Waals surface area contributed by atoms with Crippen LogP contribution in [0.5, 0.6) is 23.0 Å². The van der Waals surface area contributed by atoms with Gasteiger partial charge in [-0.1, -0.05) is 0 Å². The van der Waals surface area contributed by atoms with Crippen LogP contribution in [0.15, 0.2) is 46.0 Å². The number of carbonyl (C=O) groups excluding carboxylic acids is 1. The lowest BCUT2D eigenvalue weighted by atomic mass is 10.2. The molecule has 0 saturated carbocycles. The van der Waals surface area contributed by atoms with E-state index < -0.39 is 0 Å². The Kier molecular flexibility index (Phi) is 5.39. The summed E-state index contributed by atoms with van der Waals surface area (Å²) in [4.78, 5) is 11.8. The van der Waals surface area contributed by atoms with Crippen LogP contribution < -0.4 is 24.4 Å². The van der Waals surface area contributed by atoms with Crippen molar-refractivity contribution in [1.29, 1.82) is 0 Å². The molecule has 0 aromatic heterocycles. The lowest BCUT2D eigenvalue weighted by Crippen LogP contribution is -2.24. The van der Waals surface area contributed by atoms with Gasteiger partial charge in [0.1, 0.15) is 11.5 Å². The highest BCUT2D eigenvalue weighted by Crippen LogP contribution is 2.32. The predicted molar refractivity (Wildman–Crippen MR) is 94.5 cm³/mol. The van der Waals surface area contributed by atoms with Crippen molar-refractivity contribution in [2.75, 3.05) is 20.5 Å². The first-order valence-corrected chi connectivity index (χ1v) is 8.13. The summed E-state index contributed by atoms with van der Waals surface area (Å²) in [7, 11) is 1.58. The Hall–Kier alpha value is -2.74. The molecule has 0 spiro atoms. The minimum Gasteiger partial charge on any atom is -0.497 e. The number of halogens is 1. The van der Waals surface area contributed by atoms with Crippen molar-refractivity contribution in [3.8, 4) is 23.0 Å². The van der Waals surface area contributed by atoms with E-state index in [1.807, 2.05) is 6.07 Å². The Morgan fingerprint density at radius 3 is 2.92 bits per heavy atom. The molecule has 2 aromatic rings. The molecular formula is C17H15BrN2O5. The molecule has 2 aromatic carbocycles. The number of hydrogen-bond donors (Lipinski definition) is 1. The van der Waals surface area contributed by atoms with Crippen LogP contribution in [0.3, 0.4) is 0 Å². The van der Waals surface area contributed by atoms with E-state index in [1.165, 1.54) is 6.21 Å². The second-order valence-corrected chi connectivity index (χ2v) is 5.85. The monoisotopic (exact) mass is 406 g/mol. The molecule has 0 fully saturated rings. The fourth-order valence-electron chi connectivity index (χ4n) is 2.07. The van der Waals surface area contributed by atoms with Gasteiger partial charge in [-0.25, -0.2) is 5.43 Å². The molecule has 3 rings (SSSR count). The van der Waals surface area contributed by atoms with Gasteiger partial charge < -0.3 is 18.9 Å². The fourth-order valence-corrected chi connectivity index (χ4v) is 2.55. The zero-order chi connectivity index (χ0) is 17.6. The average molecular weight is 407 g/mol. The van der Waals surface area contributed by atoms with Gasteiger partial charge in [0.2, 0.25) is 6.79 Å². The van der Waals surface area contributed by atoms with E-state index in [0.717, 1.165) is 5.56 Å². The van der Waals surface area contributed by atoms with Gasteiger partial charge in [-0.15, -0.1) is 0 Å². The van der Waals surface area contributed by atoms with Crippen molar-refractivity contribution in [1.82, 2.24) is 5.43 Å². The number of benzene rings is 2. The Labute approximate surface area is 152 Å². The molecule has 7 nitrogen and oxygen atoms in total. The molecule has 1 aliphatic rings. The Morgan fingerprint density at radius 2 is 2.12 bits per heavy atom. The number of rotatable bonds is 6. The second kappa shape index (κ2) is 7.89. The third-order valence-electron chi connectivity index (χ3n) is 3.30. The summed E-state index contributed by atoms with van der Waals surface area (Å²) in [5.74, 6) is 2.20. The van der Waals surface area contributed by atoms with Crippen LogP contribution in [-0.2, 0) is 4.79 Å². The number of carbonyl (C=O) groups is 1. The maximum atomic E-state index is 11.8. The van der Waals surface area contributed by atoms with E-state index in [0.29, 0.717) is 27.5 Å². The van der Waals surface area contributed by atoms with Crippen LogP contribution in [0.2, 0.25) is 0 Å². The lowest BCUT2D eigenvalue weighted by molar-refractivity contribution is -0.123. The molecule has 0 saturated heterocycles. The molecule has 0 radical (unpaired) electrons. The molecule has 8 heteroatoms. The maximum Gasteiger partial charge on any atom is 0.277 e. The molecule has 0 aliphatic carbocycles. The van der Waals surface area contributed by atoms with E-state index in [1.54, 1.807) is 37.4 Å². The number of methoxy groups -OCH3 is 1. The summed E-state index contributed by atoms with van der Waals surface area (Å²) in [5.41, 5.74) is 3.19. The van der Waals surface area contributed by atoms with Crippen molar-refractivity contribution in [2.24, 2.45) is 5.10 Å². The van der Waals surface area contributed by atoms with Crippen LogP contribution in [0.25, 0.3) is 0 Å². The summed E-state index contributed by atoms with van der Waals surface area (Å²) in [5, 5.41) is 3.90. The third kappa shape index (κ3) is 4.42. The Morgan fingerprint density at radius 1 is 1.28 bits per heavy atom. The number of fused-ring (bicyclic) bond motifs is 1. The van der Waals surface area contributed by atoms with Gasteiger partial charge in [0.15, 0.2) is 18.1 Å². The van der Waals surface area contributed by atoms with E-state index in [4.69, 9.17) is 18.9 Å². The minimum absolute atomic E-state index is 0.163. The third-order valence-corrected chi connectivity index (χ3v) is 3.92. The molecule has 130 valence electrons. The molecule has 0 atom stereocenters. The van der Waals surface area contributed by atoms with Crippen LogP contribution >= 0.6 is 15.9 Å². The summed E-state index contributed by atoms with van der Waals surface area (Å²) < 4.78 is 21.7. The topological polar surface area (TPSA) is 78.4 Å². The number of hydrazone groups is 1. The number of nitrogens with zero attached hydrogens (tertiary/aromatic N) is 1. The standard InChI is InChI=1S/C17H15BrN2O5/c1-22-12-3-5-14(13(18)7-12)23-9-17(21)20-19-8-11-2-4-15-16(6-11)25-10-24-15/h2-8H,9-10H2,1H3,(H,20,21)/b19-8+. The molecule has 1 heterocycles. The highest BCUT2D eigenvalue weighted by Gasteiger charge is 2.12. The molecule has 0 bridgehead atoms. The van der Waals surface area contributed by atoms with Gasteiger partial charge in [0.25, 0.3) is 5.91 Å². The predicted octanol–water partition coefficient (Wildman–Crippen LogP) is 2.72. The number of hydrogen-bond acceptors (Lipinski definition) is 6. The van der Waals surface area contributed by atoms with Crippen LogP contribution in [0.1, 0.15) is 5.56 Å². The average Bonchev–Trinajstić information content (AvgIpc) is 3.08. The molecule has 25 heavy (non-hydrogen) atoms. The largest absolute Gasteiger partial charge is 0.497 e. The van der Waals surface area contributed by atoms with Crippen molar-refractivity contribution in [3.05, 3.63) is 46.4 Å². The van der Waals surface area contributed by atoms with Crippen molar-refractivity contribution in [3.63, 3.8) is 0 Å². The molecular weight excluding hydrogens is 392 g/mol. The van der Waals surface area contributed by atoms with Crippen molar-refractivity contribution in [2.45, 2.75) is 0 Å². The van der Waals surface area contributed by atoms with Crippen molar-refractivity contribution < 1.29 is 23.7 Å². The highest BCUT2D eigenvalue weighted by molar-refractivity contribution is 9.10. The zero-order valence-electron chi connectivity index (χ0n) is 13.3. The maximum absolute atomic E-state index is 11.8. The fraction of sp³-hybridized carbons (Fsp3) is 0.176. The lowest BCUT2D eigenvalue weighted by Gasteiger charge is -2.08. The minimum atomic E-state index is -0.375. The molecule has 0 unspecified atom stereocenters. The van der Waals surface area contributed by atoms with Gasteiger partial charge in [-0.05, 0) is 57.9 Å². The van der Waals surface area contributed by atoms with Gasteiger partial charge in [-0.2, -0.15) is 5.10 Å². The quantitative estimate of drug-likeness (QED) is 0.589. The van der Waals surface area contributed by atoms with Gasteiger partial charge in [0, 0.05) is 0 Å². The van der Waals surface area contributed by atoms with Crippen molar-refractivity contribution >= 4 is 28.1 Å². The van der Waals surface area contributed by atoms with E-state index in [9.17, 15) is 4.79 Å². The van der Waals surface area contributed by atoms with Crippen LogP contribution in [0, 0.1) is 0 Å². The Balaban J connectivity index is 1.49. The normalized spacial score (nSPS) is 12.2. The highest BCUT2D eigenvalue weighted by atomic mass is 79.9. The summed E-state index contributed by atoms with van der Waals surface area (Å²) in [6.07, 6.45) is 1.52.